The molecule has 5 heteroatoms. The number of aromatic nitrogens is 2. The zero-order chi connectivity index (χ0) is 13.4. The molecular formula is C14H13N3OS. The van der Waals surface area contributed by atoms with E-state index in [-0.39, 0.29) is 5.91 Å². The molecule has 0 saturated carbocycles. The number of carbonyl (C=O) groups excluding carboxylic acids is 1. The highest BCUT2D eigenvalue weighted by molar-refractivity contribution is 7.15. The predicted molar refractivity (Wildman–Crippen MR) is 77.8 cm³/mol. The fourth-order valence-electron chi connectivity index (χ4n) is 1.88. The summed E-state index contributed by atoms with van der Waals surface area (Å²) in [6, 6.07) is 7.57. The first-order valence-corrected chi connectivity index (χ1v) is 6.77. The number of aromatic amines is 1. The van der Waals surface area contributed by atoms with Gasteiger partial charge in [-0.05, 0) is 37.4 Å². The molecule has 0 atom stereocenters. The van der Waals surface area contributed by atoms with Crippen molar-refractivity contribution >= 4 is 33.3 Å². The first kappa shape index (κ1) is 11.9. The van der Waals surface area contributed by atoms with Crippen LogP contribution in [0.4, 0.5) is 5.13 Å². The van der Waals surface area contributed by atoms with Crippen LogP contribution in [0.15, 0.2) is 30.5 Å². The number of nitrogens with zero attached hydrogens (tertiary/aromatic N) is 1. The van der Waals surface area contributed by atoms with Gasteiger partial charge in [-0.3, -0.25) is 10.1 Å². The van der Waals surface area contributed by atoms with Crippen molar-refractivity contribution in [1.29, 1.82) is 0 Å². The van der Waals surface area contributed by atoms with E-state index in [0.29, 0.717) is 10.7 Å². The topological polar surface area (TPSA) is 57.8 Å². The zero-order valence-electron chi connectivity index (χ0n) is 10.7. The van der Waals surface area contributed by atoms with Gasteiger partial charge in [0.25, 0.3) is 5.91 Å². The van der Waals surface area contributed by atoms with Crippen LogP contribution in [0.5, 0.6) is 0 Å². The van der Waals surface area contributed by atoms with Gasteiger partial charge in [0.15, 0.2) is 5.13 Å². The van der Waals surface area contributed by atoms with Crippen molar-refractivity contribution in [3.63, 3.8) is 0 Å². The number of thiazole rings is 1. The lowest BCUT2D eigenvalue weighted by molar-refractivity contribution is 0.102. The molecule has 1 amide bonds. The average Bonchev–Trinajstić information content (AvgIpc) is 2.96. The Morgan fingerprint density at radius 1 is 1.32 bits per heavy atom. The van der Waals surface area contributed by atoms with E-state index in [2.05, 4.69) is 15.3 Å². The van der Waals surface area contributed by atoms with Gasteiger partial charge < -0.3 is 4.98 Å². The zero-order valence-corrected chi connectivity index (χ0v) is 11.5. The van der Waals surface area contributed by atoms with Gasteiger partial charge in [0.1, 0.15) is 0 Å². The van der Waals surface area contributed by atoms with E-state index >= 15 is 0 Å². The van der Waals surface area contributed by atoms with Gasteiger partial charge in [-0.25, -0.2) is 4.98 Å². The number of hydrogen-bond acceptors (Lipinski definition) is 3. The summed E-state index contributed by atoms with van der Waals surface area (Å²) in [6.07, 6.45) is 1.86. The molecule has 2 heterocycles. The average molecular weight is 271 g/mol. The summed E-state index contributed by atoms with van der Waals surface area (Å²) in [4.78, 5) is 20.7. The van der Waals surface area contributed by atoms with E-state index in [1.807, 2.05) is 44.3 Å². The number of fused-ring (bicyclic) bond motifs is 1. The molecule has 0 aliphatic heterocycles. The minimum Gasteiger partial charge on any atom is -0.361 e. The molecule has 0 saturated heterocycles. The molecule has 0 aliphatic rings. The highest BCUT2D eigenvalue weighted by atomic mass is 32.1. The Labute approximate surface area is 114 Å². The van der Waals surface area contributed by atoms with Gasteiger partial charge in [-0.15, -0.1) is 11.3 Å². The van der Waals surface area contributed by atoms with Crippen LogP contribution in [-0.4, -0.2) is 15.9 Å². The third kappa shape index (κ3) is 2.24. The summed E-state index contributed by atoms with van der Waals surface area (Å²) in [5, 5.41) is 4.57. The number of hydrogen-bond donors (Lipinski definition) is 2. The van der Waals surface area contributed by atoms with Crippen LogP contribution in [0, 0.1) is 13.8 Å². The Morgan fingerprint density at radius 3 is 2.89 bits per heavy atom. The smallest absolute Gasteiger partial charge is 0.257 e. The van der Waals surface area contributed by atoms with Gasteiger partial charge >= 0.3 is 0 Å². The number of carbonyl (C=O) groups is 1. The van der Waals surface area contributed by atoms with E-state index < -0.39 is 0 Å². The largest absolute Gasteiger partial charge is 0.361 e. The number of aryl methyl sites for hydroxylation is 2. The lowest BCUT2D eigenvalue weighted by Crippen LogP contribution is -2.11. The summed E-state index contributed by atoms with van der Waals surface area (Å²) >= 11 is 1.49. The molecule has 1 aromatic carbocycles. The third-order valence-electron chi connectivity index (χ3n) is 3.07. The Bertz CT molecular complexity index is 737. The summed E-state index contributed by atoms with van der Waals surface area (Å²) in [6.45, 7) is 3.93. The molecule has 2 N–H and O–H groups in total. The monoisotopic (exact) mass is 271 g/mol. The number of anilines is 1. The van der Waals surface area contributed by atoms with Crippen molar-refractivity contribution in [3.05, 3.63) is 46.6 Å². The summed E-state index contributed by atoms with van der Waals surface area (Å²) in [5.41, 5.74) is 2.54. The molecule has 0 bridgehead atoms. The SMILES string of the molecule is Cc1nc(NC(=O)c2ccc3cc[nH]c3c2)sc1C. The molecule has 19 heavy (non-hydrogen) atoms. The van der Waals surface area contributed by atoms with Gasteiger partial charge in [0.05, 0.1) is 5.69 Å². The molecule has 0 unspecified atom stereocenters. The van der Waals surface area contributed by atoms with Crippen molar-refractivity contribution in [3.8, 4) is 0 Å². The number of H-pyrrole nitrogens is 1. The van der Waals surface area contributed by atoms with Crippen molar-refractivity contribution in [1.82, 2.24) is 9.97 Å². The first-order chi connectivity index (χ1) is 9.13. The lowest BCUT2D eigenvalue weighted by atomic mass is 10.1. The molecule has 96 valence electrons. The molecule has 0 radical (unpaired) electrons. The third-order valence-corrected chi connectivity index (χ3v) is 4.05. The molecule has 3 aromatic rings. The van der Waals surface area contributed by atoms with Crippen molar-refractivity contribution in [2.75, 3.05) is 5.32 Å². The van der Waals surface area contributed by atoms with Crippen LogP contribution in [0.2, 0.25) is 0 Å². The number of amides is 1. The van der Waals surface area contributed by atoms with Gasteiger partial charge in [0.2, 0.25) is 0 Å². The van der Waals surface area contributed by atoms with Gasteiger partial charge in [-0.1, -0.05) is 6.07 Å². The quantitative estimate of drug-likeness (QED) is 0.749. The Morgan fingerprint density at radius 2 is 2.16 bits per heavy atom. The van der Waals surface area contributed by atoms with Crippen LogP contribution in [0.3, 0.4) is 0 Å². The highest BCUT2D eigenvalue weighted by Gasteiger charge is 2.10. The van der Waals surface area contributed by atoms with Crippen LogP contribution < -0.4 is 5.32 Å². The molecule has 4 nitrogen and oxygen atoms in total. The van der Waals surface area contributed by atoms with E-state index in [4.69, 9.17) is 0 Å². The van der Waals surface area contributed by atoms with E-state index in [1.165, 1.54) is 11.3 Å². The predicted octanol–water partition coefficient (Wildman–Crippen LogP) is 3.49. The first-order valence-electron chi connectivity index (χ1n) is 5.96. The Kier molecular flexibility index (Phi) is 2.83. The van der Waals surface area contributed by atoms with Crippen LogP contribution in [0.25, 0.3) is 10.9 Å². The van der Waals surface area contributed by atoms with Gasteiger partial charge in [0, 0.05) is 22.2 Å². The maximum atomic E-state index is 12.1. The molecular weight excluding hydrogens is 258 g/mol. The van der Waals surface area contributed by atoms with E-state index in [1.54, 1.807) is 0 Å². The number of nitrogens with one attached hydrogen (secondary N) is 2. The molecule has 3 rings (SSSR count). The number of rotatable bonds is 2. The van der Waals surface area contributed by atoms with Gasteiger partial charge in [-0.2, -0.15) is 0 Å². The normalized spacial score (nSPS) is 10.8. The second kappa shape index (κ2) is 4.51. The van der Waals surface area contributed by atoms with Crippen LogP contribution >= 0.6 is 11.3 Å². The summed E-state index contributed by atoms with van der Waals surface area (Å²) in [7, 11) is 0. The van der Waals surface area contributed by atoms with Crippen molar-refractivity contribution in [2.24, 2.45) is 0 Å². The molecule has 0 spiro atoms. The standard InChI is InChI=1S/C14H13N3OS/c1-8-9(2)19-14(16-8)17-13(18)11-4-3-10-5-6-15-12(10)7-11/h3-7,15H,1-2H3,(H,16,17,18). The fourth-order valence-corrected chi connectivity index (χ4v) is 2.69. The number of benzene rings is 1. The van der Waals surface area contributed by atoms with Crippen LogP contribution in [-0.2, 0) is 0 Å². The second-order valence-electron chi connectivity index (χ2n) is 4.39. The lowest BCUT2D eigenvalue weighted by Gasteiger charge is -2.01. The second-order valence-corrected chi connectivity index (χ2v) is 5.60. The minimum atomic E-state index is -0.134. The maximum Gasteiger partial charge on any atom is 0.257 e. The molecule has 0 aliphatic carbocycles. The van der Waals surface area contributed by atoms with E-state index in [9.17, 15) is 4.79 Å². The maximum absolute atomic E-state index is 12.1. The van der Waals surface area contributed by atoms with Crippen molar-refractivity contribution < 1.29 is 4.79 Å². The molecule has 2 aromatic heterocycles. The Balaban J connectivity index is 1.86. The summed E-state index contributed by atoms with van der Waals surface area (Å²) < 4.78 is 0. The summed E-state index contributed by atoms with van der Waals surface area (Å²) in [5.74, 6) is -0.134. The van der Waals surface area contributed by atoms with Crippen LogP contribution in [0.1, 0.15) is 20.9 Å². The van der Waals surface area contributed by atoms with Crippen molar-refractivity contribution in [2.45, 2.75) is 13.8 Å². The highest BCUT2D eigenvalue weighted by Crippen LogP contribution is 2.22. The minimum absolute atomic E-state index is 0.134. The van der Waals surface area contributed by atoms with E-state index in [0.717, 1.165) is 21.5 Å². The molecule has 0 fully saturated rings. The fraction of sp³-hybridized carbons (Fsp3) is 0.143. The Hall–Kier alpha value is -2.14.